The summed E-state index contributed by atoms with van der Waals surface area (Å²) in [6, 6.07) is 6.00. The highest BCUT2D eigenvalue weighted by molar-refractivity contribution is 7.90. The number of benzene rings is 1. The second-order valence-electron chi connectivity index (χ2n) is 8.86. The molecule has 1 aromatic rings. The molecule has 2 amide bonds. The van der Waals surface area contributed by atoms with Gasteiger partial charge in [-0.1, -0.05) is 12.1 Å². The monoisotopic (exact) mass is 390 g/mol. The lowest BCUT2D eigenvalue weighted by Crippen LogP contribution is -2.50. The van der Waals surface area contributed by atoms with Crippen LogP contribution < -0.4 is 10.9 Å². The lowest BCUT2D eigenvalue weighted by molar-refractivity contribution is -0.130. The Bertz CT molecular complexity index is 842. The molecule has 0 spiro atoms. The third kappa shape index (κ3) is 3.74. The lowest BCUT2D eigenvalue weighted by Gasteiger charge is -2.56. The molecule has 2 N–H and O–H groups in total. The summed E-state index contributed by atoms with van der Waals surface area (Å²) in [7, 11) is -3.53. The molecule has 27 heavy (non-hydrogen) atoms. The zero-order valence-electron chi connectivity index (χ0n) is 15.5. The van der Waals surface area contributed by atoms with Gasteiger partial charge in [0.15, 0.2) is 9.84 Å². The van der Waals surface area contributed by atoms with Crippen LogP contribution in [-0.4, -0.2) is 26.5 Å². The number of carbonyl (C=O) groups is 2. The number of hydrogen-bond acceptors (Lipinski definition) is 4. The van der Waals surface area contributed by atoms with Gasteiger partial charge in [0.05, 0.1) is 10.5 Å². The van der Waals surface area contributed by atoms with Crippen molar-refractivity contribution in [2.45, 2.75) is 49.8 Å². The van der Waals surface area contributed by atoms with E-state index in [1.807, 2.05) is 0 Å². The van der Waals surface area contributed by atoms with E-state index >= 15 is 0 Å². The largest absolute Gasteiger partial charge is 0.273 e. The molecular weight excluding hydrogens is 364 g/mol. The van der Waals surface area contributed by atoms with Gasteiger partial charge in [-0.25, -0.2) is 8.42 Å². The van der Waals surface area contributed by atoms with Crippen molar-refractivity contribution >= 4 is 21.7 Å². The van der Waals surface area contributed by atoms with Crippen LogP contribution in [0.4, 0.5) is 0 Å². The van der Waals surface area contributed by atoms with Crippen molar-refractivity contribution in [1.29, 1.82) is 0 Å². The molecule has 4 saturated carbocycles. The van der Waals surface area contributed by atoms with Crippen LogP contribution in [0.1, 0.15) is 55.3 Å². The SMILES string of the molecule is CS(=O)(=O)c1ccccc1C(=O)NNC(=O)CC12CC3CC(CC(C3)C1)C2. The normalized spacial score (nSPS) is 31.5. The van der Waals surface area contributed by atoms with Gasteiger partial charge >= 0.3 is 0 Å². The van der Waals surface area contributed by atoms with E-state index in [0.29, 0.717) is 6.42 Å². The molecule has 6 nitrogen and oxygen atoms in total. The molecule has 0 radical (unpaired) electrons. The predicted octanol–water partition coefficient (Wildman–Crippen LogP) is 2.46. The van der Waals surface area contributed by atoms with Crippen LogP contribution in [0, 0.1) is 23.2 Å². The van der Waals surface area contributed by atoms with Crippen LogP contribution in [0.25, 0.3) is 0 Å². The molecule has 0 aliphatic heterocycles. The van der Waals surface area contributed by atoms with Crippen LogP contribution in [0.5, 0.6) is 0 Å². The summed E-state index contributed by atoms with van der Waals surface area (Å²) in [5.74, 6) is 1.48. The molecule has 7 heteroatoms. The van der Waals surface area contributed by atoms with Gasteiger partial charge in [-0.15, -0.1) is 0 Å². The summed E-state index contributed by atoms with van der Waals surface area (Å²) in [5.41, 5.74) is 5.02. The highest BCUT2D eigenvalue weighted by Gasteiger charge is 2.51. The number of rotatable bonds is 4. The van der Waals surface area contributed by atoms with E-state index in [4.69, 9.17) is 0 Å². The first kappa shape index (κ1) is 18.5. The van der Waals surface area contributed by atoms with Crippen LogP contribution in [0.3, 0.4) is 0 Å². The van der Waals surface area contributed by atoms with Crippen LogP contribution >= 0.6 is 0 Å². The van der Waals surface area contributed by atoms with Gasteiger partial charge in [0.25, 0.3) is 5.91 Å². The Morgan fingerprint density at radius 3 is 2.11 bits per heavy atom. The Labute approximate surface area is 160 Å². The summed E-state index contributed by atoms with van der Waals surface area (Å²) >= 11 is 0. The number of sulfone groups is 1. The Morgan fingerprint density at radius 1 is 1.00 bits per heavy atom. The average Bonchev–Trinajstić information content (AvgIpc) is 2.57. The summed E-state index contributed by atoms with van der Waals surface area (Å²) in [6.07, 6.45) is 8.82. The van der Waals surface area contributed by atoms with Gasteiger partial charge in [0.1, 0.15) is 0 Å². The third-order valence-corrected chi connectivity index (χ3v) is 7.70. The fraction of sp³-hybridized carbons (Fsp3) is 0.600. The van der Waals surface area contributed by atoms with Gasteiger partial charge in [0, 0.05) is 12.7 Å². The van der Waals surface area contributed by atoms with E-state index in [1.54, 1.807) is 12.1 Å². The van der Waals surface area contributed by atoms with E-state index < -0.39 is 15.7 Å². The minimum Gasteiger partial charge on any atom is -0.273 e. The Balaban J connectivity index is 1.38. The zero-order chi connectivity index (χ0) is 19.2. The number of carbonyl (C=O) groups excluding carboxylic acids is 2. The van der Waals surface area contributed by atoms with E-state index in [0.717, 1.165) is 43.3 Å². The maximum atomic E-state index is 12.5. The molecule has 1 aromatic carbocycles. The molecule has 4 aliphatic carbocycles. The van der Waals surface area contributed by atoms with Gasteiger partial charge in [0.2, 0.25) is 5.91 Å². The Kier molecular flexibility index (Phi) is 4.53. The predicted molar refractivity (Wildman–Crippen MR) is 100 cm³/mol. The average molecular weight is 391 g/mol. The fourth-order valence-electron chi connectivity index (χ4n) is 6.06. The van der Waals surface area contributed by atoms with Crippen molar-refractivity contribution in [3.05, 3.63) is 29.8 Å². The van der Waals surface area contributed by atoms with Crippen LogP contribution in [-0.2, 0) is 14.6 Å². The van der Waals surface area contributed by atoms with Crippen molar-refractivity contribution < 1.29 is 18.0 Å². The Morgan fingerprint density at radius 2 is 1.56 bits per heavy atom. The second kappa shape index (κ2) is 6.62. The summed E-state index contributed by atoms with van der Waals surface area (Å²) < 4.78 is 23.7. The minimum absolute atomic E-state index is 0.0371. The van der Waals surface area contributed by atoms with Gasteiger partial charge in [-0.2, -0.15) is 0 Å². The molecule has 0 atom stereocenters. The topological polar surface area (TPSA) is 92.3 Å². The highest BCUT2D eigenvalue weighted by Crippen LogP contribution is 2.61. The molecule has 4 aliphatic rings. The van der Waals surface area contributed by atoms with Gasteiger partial charge in [-0.3, -0.25) is 20.4 Å². The minimum atomic E-state index is -3.53. The van der Waals surface area contributed by atoms with Crippen molar-refractivity contribution in [3.8, 4) is 0 Å². The summed E-state index contributed by atoms with van der Waals surface area (Å²) in [4.78, 5) is 24.8. The van der Waals surface area contributed by atoms with Gasteiger partial charge in [-0.05, 0) is 73.8 Å². The number of hydrogen-bond donors (Lipinski definition) is 2. The number of hydrazine groups is 1. The van der Waals surface area contributed by atoms with Crippen LogP contribution in [0.15, 0.2) is 29.2 Å². The van der Waals surface area contributed by atoms with Crippen LogP contribution in [0.2, 0.25) is 0 Å². The van der Waals surface area contributed by atoms with Crippen molar-refractivity contribution in [2.24, 2.45) is 23.2 Å². The highest BCUT2D eigenvalue weighted by atomic mass is 32.2. The van der Waals surface area contributed by atoms with Gasteiger partial charge < -0.3 is 0 Å². The third-order valence-electron chi connectivity index (χ3n) is 6.55. The zero-order valence-corrected chi connectivity index (χ0v) is 16.3. The molecular formula is C20H26N2O4S. The van der Waals surface area contributed by atoms with E-state index in [1.165, 1.54) is 31.4 Å². The lowest BCUT2D eigenvalue weighted by atomic mass is 9.49. The van der Waals surface area contributed by atoms with E-state index in [9.17, 15) is 18.0 Å². The van der Waals surface area contributed by atoms with Crippen molar-refractivity contribution in [2.75, 3.05) is 6.26 Å². The molecule has 5 rings (SSSR count). The quantitative estimate of drug-likeness (QED) is 0.773. The van der Waals surface area contributed by atoms with E-state index in [2.05, 4.69) is 10.9 Å². The van der Waals surface area contributed by atoms with Crippen molar-refractivity contribution in [3.63, 3.8) is 0 Å². The first-order chi connectivity index (χ1) is 12.7. The summed E-state index contributed by atoms with van der Waals surface area (Å²) in [6.45, 7) is 0. The fourth-order valence-corrected chi connectivity index (χ4v) is 6.95. The molecule has 0 heterocycles. The molecule has 0 unspecified atom stereocenters. The molecule has 0 aromatic heterocycles. The number of nitrogens with one attached hydrogen (secondary N) is 2. The number of amides is 2. The first-order valence-corrected chi connectivity index (χ1v) is 11.5. The second-order valence-corrected chi connectivity index (χ2v) is 10.8. The smallest absolute Gasteiger partial charge is 0.271 e. The molecule has 4 bridgehead atoms. The molecule has 0 saturated heterocycles. The first-order valence-electron chi connectivity index (χ1n) is 9.62. The van der Waals surface area contributed by atoms with Crippen molar-refractivity contribution in [1.82, 2.24) is 10.9 Å². The maximum absolute atomic E-state index is 12.5. The molecule has 146 valence electrons. The summed E-state index contributed by atoms with van der Waals surface area (Å²) in [5, 5.41) is 0. The standard InChI is InChI=1S/C20H26N2O4S/c1-27(25,26)17-5-3-2-4-16(17)19(24)22-21-18(23)12-20-9-13-6-14(10-20)8-15(7-13)11-20/h2-5,13-15H,6-12H2,1H3,(H,21,23)(H,22,24). The van der Waals surface area contributed by atoms with E-state index in [-0.39, 0.29) is 21.8 Å². The maximum Gasteiger partial charge on any atom is 0.271 e. The Hall–Kier alpha value is -1.89. The molecule has 4 fully saturated rings.